The second kappa shape index (κ2) is 5.95. The maximum absolute atomic E-state index is 11.8. The third-order valence-corrected chi connectivity index (χ3v) is 4.50. The van der Waals surface area contributed by atoms with Gasteiger partial charge in [0.05, 0.1) is 6.33 Å². The van der Waals surface area contributed by atoms with E-state index in [9.17, 15) is 4.79 Å². The first-order chi connectivity index (χ1) is 9.74. The predicted molar refractivity (Wildman–Crippen MR) is 77.2 cm³/mol. The lowest BCUT2D eigenvalue weighted by Crippen LogP contribution is -2.44. The van der Waals surface area contributed by atoms with Gasteiger partial charge in [-0.1, -0.05) is 0 Å². The van der Waals surface area contributed by atoms with Crippen molar-refractivity contribution in [1.29, 1.82) is 0 Å². The molecule has 2 fully saturated rings. The maximum atomic E-state index is 11.8. The molecule has 2 heterocycles. The van der Waals surface area contributed by atoms with Gasteiger partial charge in [-0.3, -0.25) is 9.69 Å². The Hall–Kier alpha value is -1.36. The van der Waals surface area contributed by atoms with E-state index in [0.717, 1.165) is 26.2 Å². The third-order valence-electron chi connectivity index (χ3n) is 4.50. The first-order valence-corrected chi connectivity index (χ1v) is 7.71. The molecule has 0 N–H and O–H groups in total. The second-order valence-corrected chi connectivity index (χ2v) is 6.04. The summed E-state index contributed by atoms with van der Waals surface area (Å²) in [5.74, 6) is 0.244. The number of aromatic nitrogens is 2. The van der Waals surface area contributed by atoms with E-state index in [1.165, 1.54) is 25.7 Å². The Bertz CT molecular complexity index is 441. The van der Waals surface area contributed by atoms with Crippen molar-refractivity contribution in [1.82, 2.24) is 19.4 Å². The van der Waals surface area contributed by atoms with Gasteiger partial charge >= 0.3 is 0 Å². The normalized spacial score (nSPS) is 23.1. The highest BCUT2D eigenvalue weighted by Gasteiger charge is 2.34. The molecule has 3 rings (SSSR count). The molecule has 1 saturated heterocycles. The minimum absolute atomic E-state index is 0.244. The van der Waals surface area contributed by atoms with Crippen LogP contribution in [0.5, 0.6) is 0 Å². The molecule has 1 saturated carbocycles. The van der Waals surface area contributed by atoms with Crippen LogP contribution in [0, 0.1) is 0 Å². The predicted octanol–water partition coefficient (Wildman–Crippen LogP) is 1.36. The summed E-state index contributed by atoms with van der Waals surface area (Å²) in [6.07, 6.45) is 10.6. The highest BCUT2D eigenvalue weighted by atomic mass is 16.2. The van der Waals surface area contributed by atoms with Crippen molar-refractivity contribution in [2.24, 2.45) is 0 Å². The van der Waals surface area contributed by atoms with E-state index in [4.69, 9.17) is 0 Å². The quantitative estimate of drug-likeness (QED) is 0.788. The van der Waals surface area contributed by atoms with Crippen LogP contribution in [0.2, 0.25) is 0 Å². The average Bonchev–Trinajstić information content (AvgIpc) is 2.96. The fourth-order valence-electron chi connectivity index (χ4n) is 3.21. The van der Waals surface area contributed by atoms with E-state index < -0.39 is 0 Å². The number of carbonyl (C=O) groups is 1. The van der Waals surface area contributed by atoms with Crippen LogP contribution >= 0.6 is 0 Å². The molecule has 0 bridgehead atoms. The summed E-state index contributed by atoms with van der Waals surface area (Å²) in [5.41, 5.74) is 0. The summed E-state index contributed by atoms with van der Waals surface area (Å²) < 4.78 is 2.12. The van der Waals surface area contributed by atoms with Crippen molar-refractivity contribution in [3.63, 3.8) is 0 Å². The van der Waals surface area contributed by atoms with Crippen molar-refractivity contribution in [2.45, 2.75) is 51.2 Å². The highest BCUT2D eigenvalue weighted by molar-refractivity contribution is 5.74. The maximum Gasteiger partial charge on any atom is 0.219 e. The number of likely N-dealkylation sites (tertiary alicyclic amines) is 1. The first-order valence-electron chi connectivity index (χ1n) is 7.71. The zero-order valence-electron chi connectivity index (χ0n) is 12.2. The van der Waals surface area contributed by atoms with Crippen LogP contribution in [0.3, 0.4) is 0 Å². The summed E-state index contributed by atoms with van der Waals surface area (Å²) in [7, 11) is 0. The van der Waals surface area contributed by atoms with Gasteiger partial charge in [0.1, 0.15) is 0 Å². The largest absolute Gasteiger partial charge is 0.338 e. The molecular weight excluding hydrogens is 252 g/mol. The molecule has 5 heteroatoms. The summed E-state index contributed by atoms with van der Waals surface area (Å²) >= 11 is 0. The number of hydrogen-bond donors (Lipinski definition) is 0. The number of amides is 1. The topological polar surface area (TPSA) is 41.4 Å². The van der Waals surface area contributed by atoms with Gasteiger partial charge in [0.25, 0.3) is 0 Å². The lowest BCUT2D eigenvalue weighted by molar-refractivity contribution is -0.130. The molecule has 2 aliphatic rings. The highest BCUT2D eigenvalue weighted by Crippen LogP contribution is 2.29. The van der Waals surface area contributed by atoms with E-state index in [1.807, 2.05) is 18.7 Å². The van der Waals surface area contributed by atoms with E-state index in [2.05, 4.69) is 19.4 Å². The molecule has 20 heavy (non-hydrogen) atoms. The van der Waals surface area contributed by atoms with Crippen molar-refractivity contribution in [3.8, 4) is 0 Å². The van der Waals surface area contributed by atoms with Crippen molar-refractivity contribution in [3.05, 3.63) is 18.7 Å². The van der Waals surface area contributed by atoms with Gasteiger partial charge in [0, 0.05) is 51.0 Å². The first kappa shape index (κ1) is 13.6. The molecule has 1 unspecified atom stereocenters. The van der Waals surface area contributed by atoms with Gasteiger partial charge in [0.15, 0.2) is 0 Å². The Balaban J connectivity index is 1.53. The molecule has 0 spiro atoms. The number of rotatable bonds is 6. The van der Waals surface area contributed by atoms with Crippen LogP contribution in [-0.2, 0) is 11.3 Å². The molecule has 0 aromatic carbocycles. The fourth-order valence-corrected chi connectivity index (χ4v) is 3.21. The third kappa shape index (κ3) is 3.20. The van der Waals surface area contributed by atoms with E-state index in [1.54, 1.807) is 6.92 Å². The number of imidazole rings is 1. The van der Waals surface area contributed by atoms with Gasteiger partial charge < -0.3 is 9.47 Å². The van der Waals surface area contributed by atoms with Crippen LogP contribution < -0.4 is 0 Å². The molecular formula is C15H24N4O. The zero-order chi connectivity index (χ0) is 13.9. The summed E-state index contributed by atoms with van der Waals surface area (Å²) in [6, 6.07) is 1.08. The summed E-state index contributed by atoms with van der Waals surface area (Å²) in [6.45, 7) is 5.83. The van der Waals surface area contributed by atoms with Crippen molar-refractivity contribution < 1.29 is 4.79 Å². The molecule has 1 atom stereocenters. The fraction of sp³-hybridized carbons (Fsp3) is 0.733. The van der Waals surface area contributed by atoms with E-state index in [-0.39, 0.29) is 5.91 Å². The Kier molecular flexibility index (Phi) is 4.05. The Morgan fingerprint density at radius 3 is 2.85 bits per heavy atom. The van der Waals surface area contributed by atoms with Crippen molar-refractivity contribution >= 4 is 5.91 Å². The number of nitrogens with zero attached hydrogens (tertiary/aromatic N) is 4. The Morgan fingerprint density at radius 1 is 1.35 bits per heavy atom. The molecule has 1 aliphatic carbocycles. The van der Waals surface area contributed by atoms with Crippen molar-refractivity contribution in [2.75, 3.05) is 19.6 Å². The second-order valence-electron chi connectivity index (χ2n) is 6.04. The van der Waals surface area contributed by atoms with E-state index in [0.29, 0.717) is 12.1 Å². The summed E-state index contributed by atoms with van der Waals surface area (Å²) in [5, 5.41) is 0. The molecule has 0 radical (unpaired) electrons. The Morgan fingerprint density at radius 2 is 2.20 bits per heavy atom. The van der Waals surface area contributed by atoms with Crippen LogP contribution in [-0.4, -0.2) is 57.0 Å². The van der Waals surface area contributed by atoms with Gasteiger partial charge in [-0.05, 0) is 32.2 Å². The molecule has 110 valence electrons. The zero-order valence-corrected chi connectivity index (χ0v) is 12.2. The molecule has 1 amide bonds. The molecule has 1 aromatic rings. The monoisotopic (exact) mass is 276 g/mol. The smallest absolute Gasteiger partial charge is 0.219 e. The SMILES string of the molecule is CC(=O)N(CC1CCCN1CCn1ccnc1)C1CC1. The molecule has 5 nitrogen and oxygen atoms in total. The average molecular weight is 276 g/mol. The Labute approximate surface area is 120 Å². The van der Waals surface area contributed by atoms with Crippen LogP contribution in [0.25, 0.3) is 0 Å². The lowest BCUT2D eigenvalue weighted by Gasteiger charge is -2.30. The number of hydrogen-bond acceptors (Lipinski definition) is 3. The van der Waals surface area contributed by atoms with Gasteiger partial charge in [-0.2, -0.15) is 0 Å². The minimum Gasteiger partial charge on any atom is -0.338 e. The van der Waals surface area contributed by atoms with Gasteiger partial charge in [-0.15, -0.1) is 0 Å². The van der Waals surface area contributed by atoms with Crippen LogP contribution in [0.15, 0.2) is 18.7 Å². The van der Waals surface area contributed by atoms with E-state index >= 15 is 0 Å². The molecule has 1 aliphatic heterocycles. The molecule has 1 aromatic heterocycles. The van der Waals surface area contributed by atoms with Gasteiger partial charge in [-0.25, -0.2) is 4.98 Å². The standard InChI is InChI=1S/C15H24N4O/c1-13(20)19(14-4-5-14)11-15-3-2-7-18(15)10-9-17-8-6-16-12-17/h6,8,12,14-15H,2-5,7,9-11H2,1H3. The van der Waals surface area contributed by atoms with Gasteiger partial charge in [0.2, 0.25) is 5.91 Å². The number of carbonyl (C=O) groups excluding carboxylic acids is 1. The van der Waals surface area contributed by atoms with Crippen LogP contribution in [0.4, 0.5) is 0 Å². The minimum atomic E-state index is 0.244. The summed E-state index contributed by atoms with van der Waals surface area (Å²) in [4.78, 5) is 20.5. The lowest BCUT2D eigenvalue weighted by atomic mass is 10.2. The van der Waals surface area contributed by atoms with Crippen LogP contribution in [0.1, 0.15) is 32.6 Å².